The molecule has 102 valence electrons. The van der Waals surface area contributed by atoms with E-state index >= 15 is 0 Å². The van der Waals surface area contributed by atoms with Gasteiger partial charge in [-0.15, -0.1) is 0 Å². The van der Waals surface area contributed by atoms with Gasteiger partial charge in [0.15, 0.2) is 0 Å². The molecule has 0 aliphatic heterocycles. The maximum absolute atomic E-state index is 5.99. The predicted octanol–water partition coefficient (Wildman–Crippen LogP) is 3.25. The van der Waals surface area contributed by atoms with Crippen molar-refractivity contribution >= 4 is 0 Å². The van der Waals surface area contributed by atoms with Crippen LogP contribution >= 0.6 is 0 Å². The normalized spacial score (nSPS) is 16.3. The Balaban J connectivity index is 3.03. The lowest BCUT2D eigenvalue weighted by atomic mass is 9.88. The van der Waals surface area contributed by atoms with Crippen LogP contribution in [0.5, 0.6) is 0 Å². The van der Waals surface area contributed by atoms with E-state index in [-0.39, 0.29) is 11.6 Å². The van der Waals surface area contributed by atoms with E-state index in [1.165, 1.54) is 5.56 Å². The van der Waals surface area contributed by atoms with Gasteiger partial charge in [-0.1, -0.05) is 19.9 Å². The molecule has 18 heavy (non-hydrogen) atoms. The molecule has 3 heteroatoms. The first-order valence-corrected chi connectivity index (χ1v) is 6.87. The Kier molecular flexibility index (Phi) is 5.76. The zero-order valence-electron chi connectivity index (χ0n) is 12.3. The van der Waals surface area contributed by atoms with Crippen molar-refractivity contribution in [1.29, 1.82) is 0 Å². The average molecular weight is 250 g/mol. The molecule has 0 aliphatic carbocycles. The summed E-state index contributed by atoms with van der Waals surface area (Å²) in [5.41, 5.74) is 2.05. The SMILES string of the molecule is CCNC(c1ccc(C)nc1)C(C)(CC)OCC. The number of nitrogens with one attached hydrogen (secondary N) is 1. The minimum absolute atomic E-state index is 0.181. The third kappa shape index (κ3) is 3.53. The molecule has 0 radical (unpaired) electrons. The van der Waals surface area contributed by atoms with E-state index in [1.54, 1.807) is 0 Å². The molecule has 1 aromatic rings. The highest BCUT2D eigenvalue weighted by molar-refractivity contribution is 5.20. The molecule has 0 saturated heterocycles. The molecular formula is C15H26N2O. The first-order chi connectivity index (χ1) is 8.57. The van der Waals surface area contributed by atoms with Crippen molar-refractivity contribution in [2.45, 2.75) is 52.7 Å². The Hall–Kier alpha value is -0.930. The van der Waals surface area contributed by atoms with Gasteiger partial charge in [-0.05, 0) is 45.4 Å². The van der Waals surface area contributed by atoms with E-state index < -0.39 is 0 Å². The lowest BCUT2D eigenvalue weighted by Crippen LogP contribution is -2.43. The van der Waals surface area contributed by atoms with Gasteiger partial charge in [0.05, 0.1) is 11.6 Å². The van der Waals surface area contributed by atoms with Crippen molar-refractivity contribution in [2.24, 2.45) is 0 Å². The number of hydrogen-bond donors (Lipinski definition) is 1. The Morgan fingerprint density at radius 3 is 2.50 bits per heavy atom. The van der Waals surface area contributed by atoms with E-state index in [2.05, 4.69) is 43.2 Å². The van der Waals surface area contributed by atoms with Crippen LogP contribution < -0.4 is 5.32 Å². The third-order valence-electron chi connectivity index (χ3n) is 3.46. The number of aromatic nitrogens is 1. The monoisotopic (exact) mass is 250 g/mol. The van der Waals surface area contributed by atoms with Crippen molar-refractivity contribution in [3.63, 3.8) is 0 Å². The molecule has 0 aliphatic rings. The van der Waals surface area contributed by atoms with E-state index in [9.17, 15) is 0 Å². The highest BCUT2D eigenvalue weighted by atomic mass is 16.5. The number of nitrogens with zero attached hydrogens (tertiary/aromatic N) is 1. The minimum Gasteiger partial charge on any atom is -0.374 e. The summed E-state index contributed by atoms with van der Waals surface area (Å²) in [5, 5.41) is 3.53. The van der Waals surface area contributed by atoms with Crippen LogP contribution in [-0.2, 0) is 4.74 Å². The standard InChI is InChI=1S/C15H26N2O/c1-6-15(5,18-8-3)14(16-7-2)13-10-9-12(4)17-11-13/h9-11,14,16H,6-8H2,1-5H3. The van der Waals surface area contributed by atoms with Gasteiger partial charge in [0.1, 0.15) is 0 Å². The lowest BCUT2D eigenvalue weighted by Gasteiger charge is -2.37. The second kappa shape index (κ2) is 6.86. The summed E-state index contributed by atoms with van der Waals surface area (Å²) in [4.78, 5) is 4.39. The number of rotatable bonds is 7. The third-order valence-corrected chi connectivity index (χ3v) is 3.46. The molecule has 0 bridgehead atoms. The molecule has 1 rings (SSSR count). The molecule has 0 fully saturated rings. The number of hydrogen-bond acceptors (Lipinski definition) is 3. The van der Waals surface area contributed by atoms with Gasteiger partial charge < -0.3 is 10.1 Å². The fourth-order valence-corrected chi connectivity index (χ4v) is 2.26. The molecule has 0 saturated carbocycles. The highest BCUT2D eigenvalue weighted by Crippen LogP contribution is 2.31. The Morgan fingerprint density at radius 1 is 1.33 bits per heavy atom. The summed E-state index contributed by atoms with van der Waals surface area (Å²) in [7, 11) is 0. The average Bonchev–Trinajstić information content (AvgIpc) is 2.37. The topological polar surface area (TPSA) is 34.2 Å². The van der Waals surface area contributed by atoms with Gasteiger partial charge in [0, 0.05) is 18.5 Å². The summed E-state index contributed by atoms with van der Waals surface area (Å²) in [5.74, 6) is 0. The Bertz CT molecular complexity index is 350. The zero-order chi connectivity index (χ0) is 13.6. The van der Waals surface area contributed by atoms with Gasteiger partial charge in [-0.25, -0.2) is 0 Å². The van der Waals surface area contributed by atoms with Gasteiger partial charge in [0.25, 0.3) is 0 Å². The molecule has 0 amide bonds. The molecule has 0 spiro atoms. The van der Waals surface area contributed by atoms with Gasteiger partial charge in [0.2, 0.25) is 0 Å². The maximum Gasteiger partial charge on any atom is 0.0846 e. The van der Waals surface area contributed by atoms with Crippen LogP contribution in [0.25, 0.3) is 0 Å². The number of ether oxygens (including phenoxy) is 1. The smallest absolute Gasteiger partial charge is 0.0846 e. The molecule has 3 nitrogen and oxygen atoms in total. The first kappa shape index (κ1) is 15.1. The van der Waals surface area contributed by atoms with Gasteiger partial charge in [-0.2, -0.15) is 0 Å². The van der Waals surface area contributed by atoms with Crippen molar-refractivity contribution in [3.8, 4) is 0 Å². The molecular weight excluding hydrogens is 224 g/mol. The van der Waals surface area contributed by atoms with Crippen LogP contribution in [0, 0.1) is 6.92 Å². The fourth-order valence-electron chi connectivity index (χ4n) is 2.26. The summed E-state index contributed by atoms with van der Waals surface area (Å²) >= 11 is 0. The van der Waals surface area contributed by atoms with Crippen molar-refractivity contribution in [1.82, 2.24) is 10.3 Å². The second-order valence-electron chi connectivity index (χ2n) is 4.82. The second-order valence-corrected chi connectivity index (χ2v) is 4.82. The summed E-state index contributed by atoms with van der Waals surface area (Å²) in [6, 6.07) is 4.38. The summed E-state index contributed by atoms with van der Waals surface area (Å²) < 4.78 is 5.99. The predicted molar refractivity (Wildman–Crippen MR) is 75.7 cm³/mol. The van der Waals surface area contributed by atoms with Crippen LogP contribution in [0.4, 0.5) is 0 Å². The summed E-state index contributed by atoms with van der Waals surface area (Å²) in [6.07, 6.45) is 2.92. The largest absolute Gasteiger partial charge is 0.374 e. The van der Waals surface area contributed by atoms with Crippen LogP contribution in [0.2, 0.25) is 0 Å². The fraction of sp³-hybridized carbons (Fsp3) is 0.667. The zero-order valence-corrected chi connectivity index (χ0v) is 12.3. The van der Waals surface area contributed by atoms with E-state index in [0.717, 1.165) is 25.3 Å². The Morgan fingerprint density at radius 2 is 2.06 bits per heavy atom. The molecule has 1 N–H and O–H groups in total. The van der Waals surface area contributed by atoms with E-state index in [1.807, 2.05) is 20.0 Å². The Labute approximate surface area is 111 Å². The van der Waals surface area contributed by atoms with Gasteiger partial charge >= 0.3 is 0 Å². The van der Waals surface area contributed by atoms with Crippen molar-refractivity contribution < 1.29 is 4.74 Å². The molecule has 2 unspecified atom stereocenters. The summed E-state index contributed by atoms with van der Waals surface area (Å²) in [6.45, 7) is 12.2. The van der Waals surface area contributed by atoms with Crippen molar-refractivity contribution in [2.75, 3.05) is 13.2 Å². The van der Waals surface area contributed by atoms with Crippen LogP contribution in [0.15, 0.2) is 18.3 Å². The molecule has 2 atom stereocenters. The quantitative estimate of drug-likeness (QED) is 0.806. The molecule has 1 heterocycles. The minimum atomic E-state index is -0.193. The van der Waals surface area contributed by atoms with E-state index in [0.29, 0.717) is 0 Å². The molecule has 1 aromatic heterocycles. The van der Waals surface area contributed by atoms with Crippen LogP contribution in [0.1, 0.15) is 51.4 Å². The maximum atomic E-state index is 5.99. The number of aryl methyl sites for hydroxylation is 1. The van der Waals surface area contributed by atoms with Crippen LogP contribution in [-0.4, -0.2) is 23.7 Å². The molecule has 0 aromatic carbocycles. The number of likely N-dealkylation sites (N-methyl/N-ethyl adjacent to an activating group) is 1. The number of pyridine rings is 1. The van der Waals surface area contributed by atoms with E-state index in [4.69, 9.17) is 4.74 Å². The van der Waals surface area contributed by atoms with Crippen molar-refractivity contribution in [3.05, 3.63) is 29.6 Å². The van der Waals surface area contributed by atoms with Gasteiger partial charge in [-0.3, -0.25) is 4.98 Å². The highest BCUT2D eigenvalue weighted by Gasteiger charge is 2.34. The first-order valence-electron chi connectivity index (χ1n) is 6.87. The van der Waals surface area contributed by atoms with Crippen LogP contribution in [0.3, 0.4) is 0 Å². The lowest BCUT2D eigenvalue weighted by molar-refractivity contribution is -0.0560.